The highest BCUT2D eigenvalue weighted by molar-refractivity contribution is 5.88. The summed E-state index contributed by atoms with van der Waals surface area (Å²) in [6, 6.07) is 17.3. The van der Waals surface area contributed by atoms with Gasteiger partial charge in [0.1, 0.15) is 0 Å². The Morgan fingerprint density at radius 2 is 1.74 bits per heavy atom. The van der Waals surface area contributed by atoms with Gasteiger partial charge < -0.3 is 9.72 Å². The van der Waals surface area contributed by atoms with E-state index in [1.165, 1.54) is 0 Å². The molecule has 0 fully saturated rings. The van der Waals surface area contributed by atoms with Crippen molar-refractivity contribution in [3.63, 3.8) is 0 Å². The zero-order valence-corrected chi connectivity index (χ0v) is 10.3. The second-order valence-electron chi connectivity index (χ2n) is 4.33. The van der Waals surface area contributed by atoms with E-state index in [1.54, 1.807) is 6.20 Å². The molecule has 0 aliphatic heterocycles. The van der Waals surface area contributed by atoms with E-state index in [0.29, 0.717) is 5.75 Å². The molecular formula is C16H13NO2. The number of carbonyl (C=O) groups is 1. The first-order valence-electron chi connectivity index (χ1n) is 6.13. The summed E-state index contributed by atoms with van der Waals surface area (Å²) in [7, 11) is 0. The van der Waals surface area contributed by atoms with Crippen molar-refractivity contribution < 1.29 is 9.53 Å². The minimum atomic E-state index is -0.254. The van der Waals surface area contributed by atoms with Gasteiger partial charge in [-0.25, -0.2) is 0 Å². The summed E-state index contributed by atoms with van der Waals surface area (Å²) < 4.78 is 5.40. The molecule has 3 nitrogen and oxygen atoms in total. The average Bonchev–Trinajstić information content (AvgIpc) is 2.83. The molecule has 1 heterocycles. The van der Waals surface area contributed by atoms with Crippen molar-refractivity contribution in [2.75, 3.05) is 0 Å². The van der Waals surface area contributed by atoms with Crippen LogP contribution in [0, 0.1) is 0 Å². The fraction of sp³-hybridized carbons (Fsp3) is 0.0625. The van der Waals surface area contributed by atoms with Crippen LogP contribution in [0.2, 0.25) is 0 Å². The Kier molecular flexibility index (Phi) is 3.02. The summed E-state index contributed by atoms with van der Waals surface area (Å²) in [5.74, 6) is 0.326. The van der Waals surface area contributed by atoms with E-state index in [-0.39, 0.29) is 12.4 Å². The minimum absolute atomic E-state index is 0.254. The third-order valence-corrected chi connectivity index (χ3v) is 2.97. The molecule has 0 aliphatic carbocycles. The molecule has 0 radical (unpaired) electrons. The maximum atomic E-state index is 11.9. The van der Waals surface area contributed by atoms with Crippen LogP contribution in [-0.2, 0) is 11.2 Å². The Morgan fingerprint density at radius 1 is 1.00 bits per heavy atom. The molecule has 0 bridgehead atoms. The van der Waals surface area contributed by atoms with Gasteiger partial charge in [-0.2, -0.15) is 0 Å². The number of benzene rings is 2. The second-order valence-corrected chi connectivity index (χ2v) is 4.33. The van der Waals surface area contributed by atoms with Gasteiger partial charge in [-0.1, -0.05) is 42.5 Å². The first-order valence-corrected chi connectivity index (χ1v) is 6.13. The average molecular weight is 251 g/mol. The van der Waals surface area contributed by atoms with Crippen LogP contribution in [0.5, 0.6) is 5.75 Å². The molecule has 2 aromatic carbocycles. The number of ether oxygens (including phenoxy) is 1. The predicted molar refractivity (Wildman–Crippen MR) is 74.1 cm³/mol. The zero-order valence-electron chi connectivity index (χ0n) is 10.3. The quantitative estimate of drug-likeness (QED) is 0.725. The number of hydrogen-bond acceptors (Lipinski definition) is 2. The van der Waals surface area contributed by atoms with Crippen LogP contribution in [0.25, 0.3) is 10.9 Å². The molecule has 0 aliphatic rings. The monoisotopic (exact) mass is 251 g/mol. The highest BCUT2D eigenvalue weighted by Gasteiger charge is 2.10. The molecule has 0 saturated carbocycles. The number of hydrogen-bond donors (Lipinski definition) is 1. The molecule has 0 spiro atoms. The van der Waals surface area contributed by atoms with Gasteiger partial charge in [-0.15, -0.1) is 0 Å². The molecule has 3 rings (SSSR count). The van der Waals surface area contributed by atoms with Gasteiger partial charge in [0.05, 0.1) is 6.42 Å². The molecule has 0 unspecified atom stereocenters. The number of fused-ring (bicyclic) bond motifs is 1. The lowest BCUT2D eigenvalue weighted by atomic mass is 10.1. The number of esters is 1. The molecule has 19 heavy (non-hydrogen) atoms. The van der Waals surface area contributed by atoms with Crippen molar-refractivity contribution in [2.45, 2.75) is 6.42 Å². The summed E-state index contributed by atoms with van der Waals surface area (Å²) in [5.41, 5.74) is 1.91. The highest BCUT2D eigenvalue weighted by Crippen LogP contribution is 2.25. The SMILES string of the molecule is O=C(Cc1ccccc1)Oc1c[nH]c2ccccc12. The number of rotatable bonds is 3. The Balaban J connectivity index is 1.76. The van der Waals surface area contributed by atoms with Crippen LogP contribution in [0.1, 0.15) is 5.56 Å². The van der Waals surface area contributed by atoms with E-state index in [9.17, 15) is 4.79 Å². The summed E-state index contributed by atoms with van der Waals surface area (Å²) >= 11 is 0. The van der Waals surface area contributed by atoms with Gasteiger partial charge in [0.25, 0.3) is 0 Å². The van der Waals surface area contributed by atoms with Crippen molar-refractivity contribution in [3.8, 4) is 5.75 Å². The van der Waals surface area contributed by atoms with E-state index >= 15 is 0 Å². The van der Waals surface area contributed by atoms with Gasteiger partial charge in [0.2, 0.25) is 0 Å². The van der Waals surface area contributed by atoms with Crippen molar-refractivity contribution >= 4 is 16.9 Å². The van der Waals surface area contributed by atoms with Gasteiger partial charge in [-0.3, -0.25) is 4.79 Å². The third kappa shape index (κ3) is 2.50. The molecule has 94 valence electrons. The summed E-state index contributed by atoms with van der Waals surface area (Å²) in [6.45, 7) is 0. The normalized spacial score (nSPS) is 10.5. The minimum Gasteiger partial charge on any atom is -0.424 e. The fourth-order valence-electron chi connectivity index (χ4n) is 2.05. The predicted octanol–water partition coefficient (Wildman–Crippen LogP) is 3.32. The van der Waals surface area contributed by atoms with Gasteiger partial charge in [0.15, 0.2) is 5.75 Å². The first-order chi connectivity index (χ1) is 9.33. The van der Waals surface area contributed by atoms with E-state index in [4.69, 9.17) is 4.74 Å². The number of carbonyl (C=O) groups excluding carboxylic acids is 1. The maximum absolute atomic E-state index is 11.9. The van der Waals surface area contributed by atoms with Crippen LogP contribution in [0.3, 0.4) is 0 Å². The summed E-state index contributed by atoms with van der Waals surface area (Å²) in [5, 5.41) is 0.920. The van der Waals surface area contributed by atoms with Crippen LogP contribution in [0.15, 0.2) is 60.8 Å². The molecule has 3 heteroatoms. The summed E-state index contributed by atoms with van der Waals surface area (Å²) in [4.78, 5) is 15.0. The number of para-hydroxylation sites is 1. The first kappa shape index (κ1) is 11.5. The molecule has 0 saturated heterocycles. The molecule has 3 aromatic rings. The van der Waals surface area contributed by atoms with Crippen LogP contribution < -0.4 is 4.74 Å². The largest absolute Gasteiger partial charge is 0.424 e. The molecule has 1 aromatic heterocycles. The standard InChI is InChI=1S/C16H13NO2/c18-16(10-12-6-2-1-3-7-12)19-15-11-17-14-9-5-4-8-13(14)15/h1-9,11,17H,10H2. The Bertz CT molecular complexity index is 701. The number of aromatic nitrogens is 1. The van der Waals surface area contributed by atoms with Crippen LogP contribution in [-0.4, -0.2) is 11.0 Å². The van der Waals surface area contributed by atoms with Gasteiger partial charge in [0, 0.05) is 17.1 Å². The van der Waals surface area contributed by atoms with Crippen molar-refractivity contribution in [1.82, 2.24) is 4.98 Å². The van der Waals surface area contributed by atoms with Gasteiger partial charge in [-0.05, 0) is 17.7 Å². The Hall–Kier alpha value is -2.55. The van der Waals surface area contributed by atoms with E-state index in [2.05, 4.69) is 4.98 Å². The lowest BCUT2D eigenvalue weighted by molar-refractivity contribution is -0.133. The lowest BCUT2D eigenvalue weighted by Gasteiger charge is -2.03. The van der Waals surface area contributed by atoms with Crippen molar-refractivity contribution in [1.29, 1.82) is 0 Å². The van der Waals surface area contributed by atoms with Crippen molar-refractivity contribution in [3.05, 3.63) is 66.4 Å². The molecule has 1 N–H and O–H groups in total. The smallest absolute Gasteiger partial charge is 0.315 e. The Labute approximate surface area is 110 Å². The van der Waals surface area contributed by atoms with Crippen LogP contribution >= 0.6 is 0 Å². The molecule has 0 amide bonds. The highest BCUT2D eigenvalue weighted by atomic mass is 16.5. The topological polar surface area (TPSA) is 42.1 Å². The number of nitrogens with one attached hydrogen (secondary N) is 1. The summed E-state index contributed by atoms with van der Waals surface area (Å²) in [6.07, 6.45) is 1.99. The molecule has 0 atom stereocenters. The maximum Gasteiger partial charge on any atom is 0.315 e. The lowest BCUT2D eigenvalue weighted by Crippen LogP contribution is -2.10. The fourth-order valence-corrected chi connectivity index (χ4v) is 2.05. The number of aromatic amines is 1. The van der Waals surface area contributed by atoms with Gasteiger partial charge >= 0.3 is 5.97 Å². The second kappa shape index (κ2) is 4.98. The van der Waals surface area contributed by atoms with Crippen LogP contribution in [0.4, 0.5) is 0 Å². The Morgan fingerprint density at radius 3 is 2.58 bits per heavy atom. The van der Waals surface area contributed by atoms with E-state index in [1.807, 2.05) is 54.6 Å². The van der Waals surface area contributed by atoms with Crippen molar-refractivity contribution in [2.24, 2.45) is 0 Å². The zero-order chi connectivity index (χ0) is 13.1. The molecular weight excluding hydrogens is 238 g/mol. The van der Waals surface area contributed by atoms with E-state index < -0.39 is 0 Å². The number of H-pyrrole nitrogens is 1. The third-order valence-electron chi connectivity index (χ3n) is 2.97. The van der Waals surface area contributed by atoms with E-state index in [0.717, 1.165) is 16.5 Å².